The van der Waals surface area contributed by atoms with E-state index in [0.717, 1.165) is 24.3 Å². The van der Waals surface area contributed by atoms with E-state index in [1.54, 1.807) is 24.5 Å². The highest BCUT2D eigenvalue weighted by Crippen LogP contribution is 2.38. The summed E-state index contributed by atoms with van der Waals surface area (Å²) in [6, 6.07) is 13.8. The molecule has 0 radical (unpaired) electrons. The molecule has 0 spiro atoms. The van der Waals surface area contributed by atoms with Crippen molar-refractivity contribution in [2.45, 2.75) is 25.1 Å². The number of nitrogens with zero attached hydrogens (tertiary/aromatic N) is 2. The number of rotatable bonds is 8. The number of aromatic nitrogens is 2. The van der Waals surface area contributed by atoms with Gasteiger partial charge in [0.15, 0.2) is 5.78 Å². The molecule has 4 aromatic rings. The van der Waals surface area contributed by atoms with Gasteiger partial charge in [0.25, 0.3) is 5.56 Å². The Morgan fingerprint density at radius 3 is 2.34 bits per heavy atom. The van der Waals surface area contributed by atoms with Crippen molar-refractivity contribution in [2.24, 2.45) is 0 Å². The Morgan fingerprint density at radius 1 is 1.00 bits per heavy atom. The molecule has 38 heavy (non-hydrogen) atoms. The fourth-order valence-corrected chi connectivity index (χ4v) is 4.28. The van der Waals surface area contributed by atoms with Crippen molar-refractivity contribution in [3.05, 3.63) is 123 Å². The Morgan fingerprint density at radius 2 is 1.74 bits per heavy atom. The maximum atomic E-state index is 13.6. The molecule has 0 saturated heterocycles. The van der Waals surface area contributed by atoms with Crippen molar-refractivity contribution in [3.8, 4) is 11.1 Å². The van der Waals surface area contributed by atoms with Crippen molar-refractivity contribution >= 4 is 23.4 Å². The minimum absolute atomic E-state index is 0.0120. The summed E-state index contributed by atoms with van der Waals surface area (Å²) in [5, 5.41) is 9.17. The third-order valence-corrected chi connectivity index (χ3v) is 6.22. The maximum Gasteiger partial charge on any atom is 0.417 e. The molecule has 0 aliphatic heterocycles. The van der Waals surface area contributed by atoms with Crippen LogP contribution in [0.3, 0.4) is 0 Å². The van der Waals surface area contributed by atoms with E-state index in [0.29, 0.717) is 11.1 Å². The lowest BCUT2D eigenvalue weighted by Crippen LogP contribution is -2.31. The number of carbonyl (C=O) groups excluding carboxylic acids is 1. The third-order valence-electron chi connectivity index (χ3n) is 5.98. The standard InChI is InChI=1S/C28H20ClF3N2O4/c29-21-7-8-23(28(30,31)32)22(15-21)20-9-11-34(26(36)14-20)24(12-18-2-1-10-33-16-18)25(35)13-17-3-5-19(6-4-17)27(37)38/h1-11,14-16,24H,12-13H2,(H,37,38). The summed E-state index contributed by atoms with van der Waals surface area (Å²) >= 11 is 5.94. The summed E-state index contributed by atoms with van der Waals surface area (Å²) in [5.41, 5.74) is -0.544. The highest BCUT2D eigenvalue weighted by atomic mass is 35.5. The van der Waals surface area contributed by atoms with Crippen LogP contribution in [0.25, 0.3) is 11.1 Å². The topological polar surface area (TPSA) is 89.3 Å². The van der Waals surface area contributed by atoms with E-state index in [9.17, 15) is 27.6 Å². The summed E-state index contributed by atoms with van der Waals surface area (Å²) in [5.74, 6) is -1.44. The Kier molecular flexibility index (Phi) is 7.78. The zero-order chi connectivity index (χ0) is 27.4. The lowest BCUT2D eigenvalue weighted by Gasteiger charge is -2.20. The molecule has 0 aliphatic carbocycles. The smallest absolute Gasteiger partial charge is 0.417 e. The molecule has 2 aromatic carbocycles. The number of carboxylic acid groups (broad SMARTS) is 1. The first-order valence-corrected chi connectivity index (χ1v) is 11.7. The molecule has 0 fully saturated rings. The van der Waals surface area contributed by atoms with Crippen LogP contribution in [0.4, 0.5) is 13.2 Å². The first-order chi connectivity index (χ1) is 18.0. The van der Waals surface area contributed by atoms with Gasteiger partial charge in [-0.05, 0) is 64.7 Å². The van der Waals surface area contributed by atoms with Crippen molar-refractivity contribution in [3.63, 3.8) is 0 Å². The van der Waals surface area contributed by atoms with E-state index < -0.39 is 29.3 Å². The van der Waals surface area contributed by atoms with Gasteiger partial charge in [0.2, 0.25) is 0 Å². The third kappa shape index (κ3) is 6.18. The number of carbonyl (C=O) groups is 2. The van der Waals surface area contributed by atoms with Crippen LogP contribution in [0.15, 0.2) is 90.1 Å². The highest BCUT2D eigenvalue weighted by molar-refractivity contribution is 6.30. The van der Waals surface area contributed by atoms with E-state index in [-0.39, 0.29) is 40.3 Å². The van der Waals surface area contributed by atoms with Crippen LogP contribution < -0.4 is 5.56 Å². The van der Waals surface area contributed by atoms with Crippen LogP contribution in [0.5, 0.6) is 0 Å². The lowest BCUT2D eigenvalue weighted by molar-refractivity contribution is -0.137. The van der Waals surface area contributed by atoms with Gasteiger partial charge in [-0.1, -0.05) is 29.8 Å². The minimum atomic E-state index is -4.66. The largest absolute Gasteiger partial charge is 0.478 e. The molecule has 2 heterocycles. The predicted octanol–water partition coefficient (Wildman–Crippen LogP) is 5.88. The second-order valence-electron chi connectivity index (χ2n) is 8.57. The van der Waals surface area contributed by atoms with Gasteiger partial charge >= 0.3 is 12.1 Å². The molecule has 4 rings (SSSR count). The molecule has 1 atom stereocenters. The Balaban J connectivity index is 1.72. The molecule has 1 N–H and O–H groups in total. The zero-order valence-electron chi connectivity index (χ0n) is 19.7. The molecule has 0 bridgehead atoms. The Labute approximate surface area is 220 Å². The van der Waals surface area contributed by atoms with Gasteiger partial charge in [-0.25, -0.2) is 4.79 Å². The number of carboxylic acids is 1. The van der Waals surface area contributed by atoms with Crippen LogP contribution in [0, 0.1) is 0 Å². The van der Waals surface area contributed by atoms with E-state index in [1.807, 2.05) is 0 Å². The van der Waals surface area contributed by atoms with E-state index in [1.165, 1.54) is 41.1 Å². The van der Waals surface area contributed by atoms with Gasteiger partial charge in [-0.3, -0.25) is 14.6 Å². The molecular formula is C28H20ClF3N2O4. The number of alkyl halides is 3. The lowest BCUT2D eigenvalue weighted by atomic mass is 9.96. The molecule has 1 unspecified atom stereocenters. The Bertz CT molecular complexity index is 1530. The average molecular weight is 541 g/mol. The second-order valence-corrected chi connectivity index (χ2v) is 9.01. The van der Waals surface area contributed by atoms with Crippen molar-refractivity contribution in [2.75, 3.05) is 0 Å². The predicted molar refractivity (Wildman–Crippen MR) is 135 cm³/mol. The van der Waals surface area contributed by atoms with Gasteiger partial charge in [-0.2, -0.15) is 13.2 Å². The summed E-state index contributed by atoms with van der Waals surface area (Å²) in [4.78, 5) is 41.8. The van der Waals surface area contributed by atoms with Crippen LogP contribution in [0.2, 0.25) is 5.02 Å². The molecule has 6 nitrogen and oxygen atoms in total. The number of pyridine rings is 2. The molecule has 194 valence electrons. The number of Topliss-reactive ketones (excluding diaryl/α,β-unsaturated/α-hetero) is 1. The quantitative estimate of drug-likeness (QED) is 0.302. The normalized spacial score (nSPS) is 12.2. The van der Waals surface area contributed by atoms with Crippen LogP contribution in [-0.2, 0) is 23.8 Å². The number of benzene rings is 2. The SMILES string of the molecule is O=C(O)c1ccc(CC(=O)C(Cc2cccnc2)n2ccc(-c3cc(Cl)ccc3C(F)(F)F)cc2=O)cc1. The zero-order valence-corrected chi connectivity index (χ0v) is 20.4. The summed E-state index contributed by atoms with van der Waals surface area (Å²) in [7, 11) is 0. The van der Waals surface area contributed by atoms with Crippen molar-refractivity contribution in [1.82, 2.24) is 9.55 Å². The number of hydrogen-bond acceptors (Lipinski definition) is 4. The van der Waals surface area contributed by atoms with Crippen LogP contribution in [0.1, 0.15) is 33.1 Å². The minimum Gasteiger partial charge on any atom is -0.478 e. The van der Waals surface area contributed by atoms with Gasteiger partial charge in [0.05, 0.1) is 17.2 Å². The van der Waals surface area contributed by atoms with Gasteiger partial charge in [0.1, 0.15) is 0 Å². The maximum absolute atomic E-state index is 13.6. The first-order valence-electron chi connectivity index (χ1n) is 11.4. The van der Waals surface area contributed by atoms with E-state index in [4.69, 9.17) is 16.7 Å². The number of halogens is 4. The first kappa shape index (κ1) is 26.8. The summed E-state index contributed by atoms with van der Waals surface area (Å²) in [6.07, 6.45) is -0.220. The fraction of sp³-hybridized carbons (Fsp3) is 0.143. The Hall–Kier alpha value is -4.24. The van der Waals surface area contributed by atoms with Crippen molar-refractivity contribution in [1.29, 1.82) is 0 Å². The molecule has 0 amide bonds. The molecular weight excluding hydrogens is 521 g/mol. The number of ketones is 1. The van der Waals surface area contributed by atoms with Crippen LogP contribution >= 0.6 is 11.6 Å². The molecule has 2 aromatic heterocycles. The second kappa shape index (κ2) is 11.0. The fourth-order valence-electron chi connectivity index (χ4n) is 4.11. The monoisotopic (exact) mass is 540 g/mol. The van der Waals surface area contributed by atoms with Crippen LogP contribution in [-0.4, -0.2) is 26.4 Å². The summed E-state index contributed by atoms with van der Waals surface area (Å²) in [6.45, 7) is 0. The van der Waals surface area contributed by atoms with E-state index >= 15 is 0 Å². The van der Waals surface area contributed by atoms with Crippen molar-refractivity contribution < 1.29 is 27.9 Å². The molecule has 10 heteroatoms. The van der Waals surface area contributed by atoms with E-state index in [2.05, 4.69) is 4.98 Å². The van der Waals surface area contributed by atoms with Gasteiger partial charge in [0, 0.05) is 42.5 Å². The highest BCUT2D eigenvalue weighted by Gasteiger charge is 2.34. The van der Waals surface area contributed by atoms with Gasteiger partial charge < -0.3 is 9.67 Å². The molecule has 0 saturated carbocycles. The van der Waals surface area contributed by atoms with Gasteiger partial charge in [-0.15, -0.1) is 0 Å². The summed E-state index contributed by atoms with van der Waals surface area (Å²) < 4.78 is 41.9. The average Bonchev–Trinajstić information content (AvgIpc) is 2.87. The molecule has 0 aliphatic rings. The number of aromatic carboxylic acids is 1. The number of hydrogen-bond donors (Lipinski definition) is 1.